The lowest BCUT2D eigenvalue weighted by molar-refractivity contribution is -0.143. The number of ether oxygens (including phenoxy) is 1. The summed E-state index contributed by atoms with van der Waals surface area (Å²) in [6.45, 7) is 4.86. The number of hydrogen-bond donors (Lipinski definition) is 3. The maximum atomic E-state index is 12.5. The molecule has 2 atom stereocenters. The zero-order chi connectivity index (χ0) is 44.4. The van der Waals surface area contributed by atoms with E-state index < -0.39 is 12.1 Å². The van der Waals surface area contributed by atoms with Crippen LogP contribution in [-0.2, 0) is 14.3 Å². The Kier molecular flexibility index (Phi) is 49.6. The summed E-state index contributed by atoms with van der Waals surface area (Å²) in [5.74, 6) is -0.0907. The van der Waals surface area contributed by atoms with Gasteiger partial charge in [0.15, 0.2) is 0 Å². The van der Waals surface area contributed by atoms with Crippen molar-refractivity contribution in [2.24, 2.45) is 0 Å². The van der Waals surface area contributed by atoms with Crippen molar-refractivity contribution >= 4 is 11.9 Å². The van der Waals surface area contributed by atoms with Gasteiger partial charge in [-0.3, -0.25) is 9.59 Å². The lowest BCUT2D eigenvalue weighted by Gasteiger charge is -2.20. The summed E-state index contributed by atoms with van der Waals surface area (Å²) in [5.41, 5.74) is 0. The van der Waals surface area contributed by atoms with E-state index in [2.05, 4.69) is 31.3 Å². The lowest BCUT2D eigenvalue weighted by atomic mass is 10.0. The third-order valence-electron chi connectivity index (χ3n) is 12.5. The minimum Gasteiger partial charge on any atom is -0.466 e. The van der Waals surface area contributed by atoms with Crippen molar-refractivity contribution in [1.82, 2.24) is 5.32 Å². The minimum atomic E-state index is -0.851. The quantitative estimate of drug-likeness (QED) is 0.0322. The van der Waals surface area contributed by atoms with Crippen molar-refractivity contribution in [3.8, 4) is 0 Å². The first-order valence-corrected chi connectivity index (χ1v) is 27.1. The average Bonchev–Trinajstić information content (AvgIpc) is 3.26. The summed E-state index contributed by atoms with van der Waals surface area (Å²) in [5, 5.41) is 23.1. The van der Waals surface area contributed by atoms with Gasteiger partial charge in [0.1, 0.15) is 0 Å². The van der Waals surface area contributed by atoms with E-state index in [1.54, 1.807) is 6.08 Å². The van der Waals surface area contributed by atoms with E-state index in [0.717, 1.165) is 57.8 Å². The van der Waals surface area contributed by atoms with Crippen LogP contribution in [0.3, 0.4) is 0 Å². The fourth-order valence-corrected chi connectivity index (χ4v) is 8.27. The Morgan fingerprint density at radius 2 is 0.770 bits per heavy atom. The lowest BCUT2D eigenvalue weighted by Crippen LogP contribution is -2.45. The standard InChI is InChI=1S/C55H105NO5/c1-3-5-7-9-11-13-15-17-18-19-20-21-24-27-31-35-39-43-47-53(58)52(51-57)56-54(59)48-44-40-36-32-28-25-22-23-26-30-34-38-42-46-50-61-55(60)49-45-41-37-33-29-16-14-12-10-8-6-4-2/h12,14,43,47,52-53,57-58H,3-11,13,15-42,44-46,48-51H2,1-2H3,(H,56,59)/b14-12-,47-43+. The largest absolute Gasteiger partial charge is 0.466 e. The zero-order valence-corrected chi connectivity index (χ0v) is 40.9. The van der Waals surface area contributed by atoms with Crippen LogP contribution in [-0.4, -0.2) is 47.4 Å². The Morgan fingerprint density at radius 3 is 1.20 bits per heavy atom. The van der Waals surface area contributed by atoms with Crippen LogP contribution < -0.4 is 5.32 Å². The minimum absolute atomic E-state index is 0.0135. The molecule has 0 radical (unpaired) electrons. The SMILES string of the molecule is CCCCC/C=C\CCCCCCCC(=O)OCCCCCCCCCCCCCCCCC(=O)NC(CO)C(O)/C=C/CCCCCCCCCCCCCCCCCC. The maximum Gasteiger partial charge on any atom is 0.305 e. The summed E-state index contributed by atoms with van der Waals surface area (Å²) in [6, 6.07) is -0.636. The number of unbranched alkanes of at least 4 members (excludes halogenated alkanes) is 37. The van der Waals surface area contributed by atoms with Crippen LogP contribution in [0.25, 0.3) is 0 Å². The predicted octanol–water partition coefficient (Wildman–Crippen LogP) is 16.3. The van der Waals surface area contributed by atoms with Crippen LogP contribution in [0.2, 0.25) is 0 Å². The third-order valence-corrected chi connectivity index (χ3v) is 12.5. The molecule has 2 unspecified atom stereocenters. The molecule has 0 aromatic rings. The molecule has 0 aromatic carbocycles. The first-order valence-electron chi connectivity index (χ1n) is 27.1. The molecule has 0 bridgehead atoms. The molecule has 360 valence electrons. The number of carbonyl (C=O) groups is 2. The van der Waals surface area contributed by atoms with Crippen LogP contribution in [0.4, 0.5) is 0 Å². The van der Waals surface area contributed by atoms with Gasteiger partial charge in [0.25, 0.3) is 0 Å². The van der Waals surface area contributed by atoms with Gasteiger partial charge in [-0.1, -0.05) is 244 Å². The maximum absolute atomic E-state index is 12.5. The second-order valence-corrected chi connectivity index (χ2v) is 18.6. The van der Waals surface area contributed by atoms with Gasteiger partial charge in [-0.15, -0.1) is 0 Å². The number of nitrogens with one attached hydrogen (secondary N) is 1. The van der Waals surface area contributed by atoms with Crippen molar-refractivity contribution in [3.63, 3.8) is 0 Å². The zero-order valence-electron chi connectivity index (χ0n) is 40.9. The molecular weight excluding hydrogens is 755 g/mol. The molecule has 0 fully saturated rings. The number of esters is 1. The Balaban J connectivity index is 3.49. The Hall–Kier alpha value is -1.66. The Bertz CT molecular complexity index is 951. The number of allylic oxidation sites excluding steroid dienone is 3. The molecule has 0 rings (SSSR count). The number of amides is 1. The molecule has 6 nitrogen and oxygen atoms in total. The Labute approximate surface area is 380 Å². The van der Waals surface area contributed by atoms with Crippen molar-refractivity contribution in [1.29, 1.82) is 0 Å². The van der Waals surface area contributed by atoms with Crippen molar-refractivity contribution in [2.75, 3.05) is 13.2 Å². The molecule has 61 heavy (non-hydrogen) atoms. The van der Waals surface area contributed by atoms with E-state index in [-0.39, 0.29) is 18.5 Å². The second-order valence-electron chi connectivity index (χ2n) is 18.6. The highest BCUT2D eigenvalue weighted by Crippen LogP contribution is 2.16. The molecule has 0 heterocycles. The number of aliphatic hydroxyl groups excluding tert-OH is 2. The molecule has 0 aromatic heterocycles. The second kappa shape index (κ2) is 51.0. The highest BCUT2D eigenvalue weighted by molar-refractivity contribution is 5.76. The molecule has 0 saturated carbocycles. The smallest absolute Gasteiger partial charge is 0.305 e. The average molecular weight is 860 g/mol. The number of aliphatic hydroxyl groups is 2. The number of rotatable bonds is 50. The first kappa shape index (κ1) is 59.3. The highest BCUT2D eigenvalue weighted by atomic mass is 16.5. The van der Waals surface area contributed by atoms with Crippen LogP contribution in [0, 0.1) is 0 Å². The van der Waals surface area contributed by atoms with E-state index in [9.17, 15) is 19.8 Å². The molecule has 6 heteroatoms. The van der Waals surface area contributed by atoms with Gasteiger partial charge < -0.3 is 20.3 Å². The number of hydrogen-bond acceptors (Lipinski definition) is 5. The van der Waals surface area contributed by atoms with Gasteiger partial charge in [-0.25, -0.2) is 0 Å². The Morgan fingerprint density at radius 1 is 0.443 bits per heavy atom. The van der Waals surface area contributed by atoms with E-state index in [1.807, 2.05) is 6.08 Å². The summed E-state index contributed by atoms with van der Waals surface area (Å²) in [6.07, 6.45) is 60.4. The molecule has 0 aliphatic heterocycles. The van der Waals surface area contributed by atoms with E-state index in [4.69, 9.17) is 4.74 Å². The van der Waals surface area contributed by atoms with E-state index >= 15 is 0 Å². The number of carbonyl (C=O) groups excluding carboxylic acids is 2. The summed E-state index contributed by atoms with van der Waals surface area (Å²) >= 11 is 0. The van der Waals surface area contributed by atoms with Gasteiger partial charge >= 0.3 is 5.97 Å². The molecule has 0 aliphatic carbocycles. The van der Waals surface area contributed by atoms with Crippen LogP contribution in [0.5, 0.6) is 0 Å². The van der Waals surface area contributed by atoms with Gasteiger partial charge in [-0.2, -0.15) is 0 Å². The van der Waals surface area contributed by atoms with Crippen molar-refractivity contribution in [2.45, 2.75) is 302 Å². The summed E-state index contributed by atoms with van der Waals surface area (Å²) < 4.78 is 5.45. The van der Waals surface area contributed by atoms with Crippen molar-refractivity contribution in [3.05, 3.63) is 24.3 Å². The molecule has 1 amide bonds. The summed E-state index contributed by atoms with van der Waals surface area (Å²) in [7, 11) is 0. The topological polar surface area (TPSA) is 95.9 Å². The first-order chi connectivity index (χ1) is 30.0. The van der Waals surface area contributed by atoms with Gasteiger partial charge in [0, 0.05) is 12.8 Å². The van der Waals surface area contributed by atoms with Gasteiger partial charge in [0.2, 0.25) is 5.91 Å². The molecular formula is C55H105NO5. The van der Waals surface area contributed by atoms with E-state index in [0.29, 0.717) is 19.4 Å². The fraction of sp³-hybridized carbons (Fsp3) is 0.891. The molecule has 0 spiro atoms. The van der Waals surface area contributed by atoms with E-state index in [1.165, 1.54) is 205 Å². The fourth-order valence-electron chi connectivity index (χ4n) is 8.27. The predicted molar refractivity (Wildman–Crippen MR) is 264 cm³/mol. The van der Waals surface area contributed by atoms with Crippen LogP contribution >= 0.6 is 0 Å². The highest BCUT2D eigenvalue weighted by Gasteiger charge is 2.18. The van der Waals surface area contributed by atoms with Crippen LogP contribution in [0.15, 0.2) is 24.3 Å². The molecule has 3 N–H and O–H groups in total. The van der Waals surface area contributed by atoms with Gasteiger partial charge in [0.05, 0.1) is 25.4 Å². The normalized spacial score (nSPS) is 12.8. The monoisotopic (exact) mass is 860 g/mol. The molecule has 0 aliphatic rings. The third kappa shape index (κ3) is 47.7. The van der Waals surface area contributed by atoms with Crippen molar-refractivity contribution < 1.29 is 24.5 Å². The molecule has 0 saturated heterocycles. The van der Waals surface area contributed by atoms with Gasteiger partial charge in [-0.05, 0) is 57.8 Å². The van der Waals surface area contributed by atoms with Crippen LogP contribution in [0.1, 0.15) is 290 Å². The summed E-state index contributed by atoms with van der Waals surface area (Å²) in [4.78, 5) is 24.4.